The van der Waals surface area contributed by atoms with E-state index in [0.29, 0.717) is 18.8 Å². The zero-order valence-electron chi connectivity index (χ0n) is 8.31. The second kappa shape index (κ2) is 6.48. The second-order valence-corrected chi connectivity index (χ2v) is 2.97. The van der Waals surface area contributed by atoms with Gasteiger partial charge in [0.15, 0.2) is 0 Å². The number of nitrogens with zero attached hydrogens (tertiary/aromatic N) is 1. The largest absolute Gasteiger partial charge is 0.385 e. The van der Waals surface area contributed by atoms with Gasteiger partial charge >= 0.3 is 0 Å². The number of aromatic nitrogens is 1. The molecule has 0 aliphatic heterocycles. The Kier molecular flexibility index (Phi) is 5.14. The van der Waals surface area contributed by atoms with Crippen molar-refractivity contribution in [1.29, 1.82) is 0 Å². The highest BCUT2D eigenvalue weighted by atomic mass is 16.5. The van der Waals surface area contributed by atoms with E-state index < -0.39 is 6.10 Å². The molecular formula is C10H16N2O2. The van der Waals surface area contributed by atoms with Gasteiger partial charge in [-0.1, -0.05) is 6.07 Å². The van der Waals surface area contributed by atoms with Gasteiger partial charge in [0, 0.05) is 26.4 Å². The molecular weight excluding hydrogens is 180 g/mol. The summed E-state index contributed by atoms with van der Waals surface area (Å²) in [5.41, 5.74) is 0.692. The van der Waals surface area contributed by atoms with Crippen LogP contribution in [0.4, 0.5) is 0 Å². The molecule has 0 aliphatic carbocycles. The molecule has 78 valence electrons. The van der Waals surface area contributed by atoms with Gasteiger partial charge in [-0.2, -0.15) is 0 Å². The summed E-state index contributed by atoms with van der Waals surface area (Å²) >= 11 is 0. The van der Waals surface area contributed by atoms with Crippen LogP contribution in [-0.4, -0.2) is 36.9 Å². The third-order valence-corrected chi connectivity index (χ3v) is 1.85. The minimum atomic E-state index is -0.548. The SMILES string of the molecule is COCCNCC(O)c1ccccn1. The van der Waals surface area contributed by atoms with E-state index in [1.165, 1.54) is 0 Å². The molecule has 0 saturated carbocycles. The number of aliphatic hydroxyl groups excluding tert-OH is 1. The summed E-state index contributed by atoms with van der Waals surface area (Å²) in [4.78, 5) is 4.06. The molecule has 4 heteroatoms. The van der Waals surface area contributed by atoms with Crippen molar-refractivity contribution < 1.29 is 9.84 Å². The number of hydrogen-bond acceptors (Lipinski definition) is 4. The number of ether oxygens (including phenoxy) is 1. The van der Waals surface area contributed by atoms with Gasteiger partial charge in [0.25, 0.3) is 0 Å². The average molecular weight is 196 g/mol. The lowest BCUT2D eigenvalue weighted by molar-refractivity contribution is 0.158. The first kappa shape index (κ1) is 11.1. The van der Waals surface area contributed by atoms with Crippen molar-refractivity contribution in [2.24, 2.45) is 0 Å². The van der Waals surface area contributed by atoms with Crippen LogP contribution in [0.3, 0.4) is 0 Å². The van der Waals surface area contributed by atoms with Crippen LogP contribution in [0.1, 0.15) is 11.8 Å². The Morgan fingerprint density at radius 2 is 2.43 bits per heavy atom. The molecule has 1 rings (SSSR count). The summed E-state index contributed by atoms with van der Waals surface area (Å²) in [5.74, 6) is 0. The first-order valence-electron chi connectivity index (χ1n) is 4.63. The highest BCUT2D eigenvalue weighted by Crippen LogP contribution is 2.06. The summed E-state index contributed by atoms with van der Waals surface area (Å²) < 4.78 is 4.87. The lowest BCUT2D eigenvalue weighted by atomic mass is 10.2. The fourth-order valence-corrected chi connectivity index (χ4v) is 1.09. The van der Waals surface area contributed by atoms with E-state index >= 15 is 0 Å². The third kappa shape index (κ3) is 3.83. The maximum atomic E-state index is 9.65. The quantitative estimate of drug-likeness (QED) is 0.645. The number of hydrogen-bond donors (Lipinski definition) is 2. The Labute approximate surface area is 83.9 Å². The molecule has 0 spiro atoms. The molecule has 1 heterocycles. The molecule has 1 unspecified atom stereocenters. The van der Waals surface area contributed by atoms with Crippen molar-refractivity contribution in [2.45, 2.75) is 6.10 Å². The van der Waals surface area contributed by atoms with Crippen LogP contribution in [0, 0.1) is 0 Å². The van der Waals surface area contributed by atoms with Gasteiger partial charge in [0.05, 0.1) is 12.3 Å². The zero-order chi connectivity index (χ0) is 10.2. The number of nitrogens with one attached hydrogen (secondary N) is 1. The minimum absolute atomic E-state index is 0.500. The molecule has 0 saturated heterocycles. The van der Waals surface area contributed by atoms with Crippen LogP contribution in [0.5, 0.6) is 0 Å². The van der Waals surface area contributed by atoms with Crippen molar-refractivity contribution in [3.63, 3.8) is 0 Å². The predicted octanol–water partition coefficient (Wildman–Crippen LogP) is 0.351. The van der Waals surface area contributed by atoms with Crippen molar-refractivity contribution in [3.8, 4) is 0 Å². The Bertz CT molecular complexity index is 241. The molecule has 0 aromatic carbocycles. The Balaban J connectivity index is 2.25. The summed E-state index contributed by atoms with van der Waals surface area (Å²) in [7, 11) is 1.65. The number of pyridine rings is 1. The van der Waals surface area contributed by atoms with Gasteiger partial charge < -0.3 is 15.2 Å². The number of aliphatic hydroxyl groups is 1. The van der Waals surface area contributed by atoms with Crippen LogP contribution >= 0.6 is 0 Å². The van der Waals surface area contributed by atoms with E-state index in [1.54, 1.807) is 13.3 Å². The predicted molar refractivity (Wildman–Crippen MR) is 53.9 cm³/mol. The van der Waals surface area contributed by atoms with Gasteiger partial charge in [-0.15, -0.1) is 0 Å². The third-order valence-electron chi connectivity index (χ3n) is 1.85. The van der Waals surface area contributed by atoms with Gasteiger partial charge in [0.2, 0.25) is 0 Å². The molecule has 14 heavy (non-hydrogen) atoms. The van der Waals surface area contributed by atoms with Crippen LogP contribution < -0.4 is 5.32 Å². The van der Waals surface area contributed by atoms with Crippen LogP contribution in [0.25, 0.3) is 0 Å². The van der Waals surface area contributed by atoms with Crippen molar-refractivity contribution >= 4 is 0 Å². The standard InChI is InChI=1S/C10H16N2O2/c1-14-7-6-11-8-10(13)9-4-2-3-5-12-9/h2-5,10-11,13H,6-8H2,1H3. The number of rotatable bonds is 6. The fourth-order valence-electron chi connectivity index (χ4n) is 1.09. The van der Waals surface area contributed by atoms with Gasteiger partial charge in [-0.25, -0.2) is 0 Å². The molecule has 4 nitrogen and oxygen atoms in total. The molecule has 0 fully saturated rings. The Morgan fingerprint density at radius 1 is 1.57 bits per heavy atom. The second-order valence-electron chi connectivity index (χ2n) is 2.97. The molecule has 0 aliphatic rings. The van der Waals surface area contributed by atoms with E-state index in [9.17, 15) is 5.11 Å². The van der Waals surface area contributed by atoms with E-state index in [0.717, 1.165) is 6.54 Å². The fraction of sp³-hybridized carbons (Fsp3) is 0.500. The lowest BCUT2D eigenvalue weighted by Crippen LogP contribution is -2.25. The highest BCUT2D eigenvalue weighted by Gasteiger charge is 2.06. The Morgan fingerprint density at radius 3 is 3.07 bits per heavy atom. The van der Waals surface area contributed by atoms with E-state index in [1.807, 2.05) is 18.2 Å². The van der Waals surface area contributed by atoms with Crippen LogP contribution in [-0.2, 0) is 4.74 Å². The van der Waals surface area contributed by atoms with Crippen molar-refractivity contribution in [3.05, 3.63) is 30.1 Å². The summed E-state index contributed by atoms with van der Waals surface area (Å²) in [5, 5.41) is 12.7. The van der Waals surface area contributed by atoms with Crippen LogP contribution in [0.2, 0.25) is 0 Å². The normalized spacial score (nSPS) is 12.7. The van der Waals surface area contributed by atoms with E-state index in [4.69, 9.17) is 4.74 Å². The molecule has 0 bridgehead atoms. The van der Waals surface area contributed by atoms with Gasteiger partial charge in [0.1, 0.15) is 6.10 Å². The first-order chi connectivity index (χ1) is 6.84. The molecule has 0 radical (unpaired) electrons. The number of methoxy groups -OCH3 is 1. The summed E-state index contributed by atoms with van der Waals surface area (Å²) in [6.45, 7) is 1.88. The molecule has 1 aromatic rings. The van der Waals surface area contributed by atoms with Gasteiger partial charge in [-0.3, -0.25) is 4.98 Å². The van der Waals surface area contributed by atoms with E-state index in [-0.39, 0.29) is 0 Å². The first-order valence-corrected chi connectivity index (χ1v) is 4.63. The molecule has 1 aromatic heterocycles. The van der Waals surface area contributed by atoms with Gasteiger partial charge in [-0.05, 0) is 12.1 Å². The Hall–Kier alpha value is -0.970. The minimum Gasteiger partial charge on any atom is -0.385 e. The van der Waals surface area contributed by atoms with E-state index in [2.05, 4.69) is 10.3 Å². The molecule has 1 atom stereocenters. The topological polar surface area (TPSA) is 54.4 Å². The van der Waals surface area contributed by atoms with Crippen LogP contribution in [0.15, 0.2) is 24.4 Å². The lowest BCUT2D eigenvalue weighted by Gasteiger charge is -2.10. The zero-order valence-corrected chi connectivity index (χ0v) is 8.31. The monoisotopic (exact) mass is 196 g/mol. The van der Waals surface area contributed by atoms with Crippen molar-refractivity contribution in [2.75, 3.05) is 26.8 Å². The highest BCUT2D eigenvalue weighted by molar-refractivity contribution is 5.06. The molecule has 0 amide bonds. The summed E-state index contributed by atoms with van der Waals surface area (Å²) in [6, 6.07) is 5.50. The average Bonchev–Trinajstić information content (AvgIpc) is 2.25. The maximum absolute atomic E-state index is 9.65. The smallest absolute Gasteiger partial charge is 0.108 e. The summed E-state index contributed by atoms with van der Waals surface area (Å²) in [6.07, 6.45) is 1.13. The maximum Gasteiger partial charge on any atom is 0.108 e. The molecule has 2 N–H and O–H groups in total. The van der Waals surface area contributed by atoms with Crippen molar-refractivity contribution in [1.82, 2.24) is 10.3 Å².